The van der Waals surface area contributed by atoms with Crippen molar-refractivity contribution < 1.29 is 0 Å². The molecule has 0 saturated heterocycles. The van der Waals surface area contributed by atoms with Crippen LogP contribution in [0.4, 0.5) is 0 Å². The number of nitrogens with zero attached hydrogens (tertiary/aromatic N) is 3. The highest BCUT2D eigenvalue weighted by Crippen LogP contribution is 2.22. The van der Waals surface area contributed by atoms with E-state index in [4.69, 9.17) is 0 Å². The second-order valence-corrected chi connectivity index (χ2v) is 5.94. The van der Waals surface area contributed by atoms with Crippen molar-refractivity contribution in [2.24, 2.45) is 5.92 Å². The average molecular weight is 274 g/mol. The van der Waals surface area contributed by atoms with Crippen LogP contribution in [0.25, 0.3) is 0 Å². The standard InChI is InChI=1S/C16H26N4/c1-13-11-14(2)20(19-13)10-6-9-18-16-8-5-3-4-7-15(16)12-17/h11,15-16,18H,3-10H2,1-2H3. The number of rotatable bonds is 5. The Bertz CT molecular complexity index is 458. The lowest BCUT2D eigenvalue weighted by molar-refractivity contribution is 0.385. The van der Waals surface area contributed by atoms with Crippen LogP contribution in [-0.2, 0) is 6.54 Å². The minimum absolute atomic E-state index is 0.200. The summed E-state index contributed by atoms with van der Waals surface area (Å²) in [4.78, 5) is 0. The van der Waals surface area contributed by atoms with Gasteiger partial charge in [0.25, 0.3) is 0 Å². The lowest BCUT2D eigenvalue weighted by atomic mass is 9.96. The zero-order chi connectivity index (χ0) is 14.4. The van der Waals surface area contributed by atoms with Crippen LogP contribution in [0.2, 0.25) is 0 Å². The molecule has 1 aromatic heterocycles. The molecule has 0 radical (unpaired) electrons. The summed E-state index contributed by atoms with van der Waals surface area (Å²) < 4.78 is 2.08. The Kier molecular flexibility index (Phi) is 5.60. The molecule has 1 aromatic rings. The lowest BCUT2D eigenvalue weighted by Crippen LogP contribution is -2.36. The maximum atomic E-state index is 9.26. The zero-order valence-corrected chi connectivity index (χ0v) is 12.7. The summed E-state index contributed by atoms with van der Waals surface area (Å²) in [5.74, 6) is 0.200. The number of nitriles is 1. The minimum Gasteiger partial charge on any atom is -0.313 e. The summed E-state index contributed by atoms with van der Waals surface area (Å²) in [6, 6.07) is 4.99. The Morgan fingerprint density at radius 2 is 2.15 bits per heavy atom. The zero-order valence-electron chi connectivity index (χ0n) is 12.7. The van der Waals surface area contributed by atoms with E-state index in [-0.39, 0.29) is 5.92 Å². The molecular formula is C16H26N4. The van der Waals surface area contributed by atoms with Crippen molar-refractivity contribution in [3.63, 3.8) is 0 Å². The van der Waals surface area contributed by atoms with Gasteiger partial charge in [0.2, 0.25) is 0 Å². The largest absolute Gasteiger partial charge is 0.313 e. The first-order chi connectivity index (χ1) is 9.70. The maximum absolute atomic E-state index is 9.26. The molecule has 2 rings (SSSR count). The average Bonchev–Trinajstić information content (AvgIpc) is 2.64. The molecule has 1 heterocycles. The quantitative estimate of drug-likeness (QED) is 0.663. The molecule has 1 N–H and O–H groups in total. The van der Waals surface area contributed by atoms with Gasteiger partial charge in [-0.2, -0.15) is 10.4 Å². The molecule has 4 heteroatoms. The molecule has 1 aliphatic carbocycles. The summed E-state index contributed by atoms with van der Waals surface area (Å²) in [5.41, 5.74) is 2.32. The molecule has 20 heavy (non-hydrogen) atoms. The van der Waals surface area contributed by atoms with Gasteiger partial charge in [0.05, 0.1) is 17.7 Å². The van der Waals surface area contributed by atoms with Crippen molar-refractivity contribution in [3.05, 3.63) is 17.5 Å². The van der Waals surface area contributed by atoms with Gasteiger partial charge in [-0.05, 0) is 45.7 Å². The predicted octanol–water partition coefficient (Wildman–Crippen LogP) is 2.95. The van der Waals surface area contributed by atoms with E-state index in [1.807, 2.05) is 6.92 Å². The SMILES string of the molecule is Cc1cc(C)n(CCCNC2CCCCCC2C#N)n1. The van der Waals surface area contributed by atoms with E-state index in [9.17, 15) is 5.26 Å². The van der Waals surface area contributed by atoms with E-state index in [1.165, 1.54) is 25.0 Å². The Morgan fingerprint density at radius 1 is 1.35 bits per heavy atom. The third kappa shape index (κ3) is 4.08. The van der Waals surface area contributed by atoms with Gasteiger partial charge in [-0.3, -0.25) is 4.68 Å². The van der Waals surface area contributed by atoms with Crippen molar-refractivity contribution in [1.29, 1.82) is 5.26 Å². The fourth-order valence-electron chi connectivity index (χ4n) is 3.12. The molecule has 2 atom stereocenters. The van der Waals surface area contributed by atoms with Gasteiger partial charge in [-0.1, -0.05) is 19.3 Å². The monoisotopic (exact) mass is 274 g/mol. The van der Waals surface area contributed by atoms with E-state index in [1.54, 1.807) is 0 Å². The van der Waals surface area contributed by atoms with E-state index >= 15 is 0 Å². The van der Waals surface area contributed by atoms with Crippen LogP contribution in [0.5, 0.6) is 0 Å². The van der Waals surface area contributed by atoms with Crippen molar-refractivity contribution in [2.45, 2.75) is 65.0 Å². The van der Waals surface area contributed by atoms with Crippen LogP contribution in [0.1, 0.15) is 49.9 Å². The highest BCUT2D eigenvalue weighted by molar-refractivity contribution is 5.06. The van der Waals surface area contributed by atoms with Crippen LogP contribution in [-0.4, -0.2) is 22.4 Å². The summed E-state index contributed by atoms with van der Waals surface area (Å²) in [7, 11) is 0. The van der Waals surface area contributed by atoms with E-state index in [0.717, 1.165) is 38.0 Å². The number of aromatic nitrogens is 2. The Labute approximate surface area is 122 Å². The topological polar surface area (TPSA) is 53.6 Å². The molecule has 0 spiro atoms. The molecule has 1 aliphatic rings. The lowest BCUT2D eigenvalue weighted by Gasteiger charge is -2.20. The third-order valence-corrected chi connectivity index (χ3v) is 4.24. The van der Waals surface area contributed by atoms with Gasteiger partial charge in [0.15, 0.2) is 0 Å². The van der Waals surface area contributed by atoms with Gasteiger partial charge < -0.3 is 5.32 Å². The highest BCUT2D eigenvalue weighted by Gasteiger charge is 2.22. The van der Waals surface area contributed by atoms with E-state index in [2.05, 4.69) is 34.2 Å². The molecule has 0 aliphatic heterocycles. The summed E-state index contributed by atoms with van der Waals surface area (Å²) in [6.07, 6.45) is 7.03. The predicted molar refractivity (Wildman–Crippen MR) is 80.3 cm³/mol. The van der Waals surface area contributed by atoms with Gasteiger partial charge in [-0.15, -0.1) is 0 Å². The normalized spacial score (nSPS) is 23.2. The van der Waals surface area contributed by atoms with Crippen LogP contribution >= 0.6 is 0 Å². The molecular weight excluding hydrogens is 248 g/mol. The van der Waals surface area contributed by atoms with Gasteiger partial charge in [0, 0.05) is 18.3 Å². The Hall–Kier alpha value is -1.34. The van der Waals surface area contributed by atoms with Crippen molar-refractivity contribution in [1.82, 2.24) is 15.1 Å². The molecule has 1 saturated carbocycles. The first kappa shape index (κ1) is 15.1. The molecule has 0 bridgehead atoms. The molecule has 4 nitrogen and oxygen atoms in total. The third-order valence-electron chi connectivity index (χ3n) is 4.24. The second-order valence-electron chi connectivity index (χ2n) is 5.94. The molecule has 0 aromatic carbocycles. The number of aryl methyl sites for hydroxylation is 3. The summed E-state index contributed by atoms with van der Waals surface area (Å²) >= 11 is 0. The van der Waals surface area contributed by atoms with Crippen molar-refractivity contribution in [3.8, 4) is 6.07 Å². The van der Waals surface area contributed by atoms with E-state index < -0.39 is 0 Å². The molecule has 0 amide bonds. The van der Waals surface area contributed by atoms with Crippen LogP contribution in [0.3, 0.4) is 0 Å². The van der Waals surface area contributed by atoms with Crippen molar-refractivity contribution in [2.75, 3.05) is 6.54 Å². The summed E-state index contributed by atoms with van der Waals surface area (Å²) in [6.45, 7) is 6.06. The first-order valence-electron chi connectivity index (χ1n) is 7.85. The fraction of sp³-hybridized carbons (Fsp3) is 0.750. The van der Waals surface area contributed by atoms with Crippen LogP contribution < -0.4 is 5.32 Å². The number of hydrogen-bond acceptors (Lipinski definition) is 3. The molecule has 1 fully saturated rings. The maximum Gasteiger partial charge on any atom is 0.0672 e. The van der Waals surface area contributed by atoms with Crippen molar-refractivity contribution >= 4 is 0 Å². The molecule has 2 unspecified atom stereocenters. The van der Waals surface area contributed by atoms with Gasteiger partial charge >= 0.3 is 0 Å². The summed E-state index contributed by atoms with van der Waals surface area (Å²) in [5, 5.41) is 17.3. The number of hydrogen-bond donors (Lipinski definition) is 1. The van der Waals surface area contributed by atoms with Gasteiger partial charge in [0.1, 0.15) is 0 Å². The highest BCUT2D eigenvalue weighted by atomic mass is 15.3. The van der Waals surface area contributed by atoms with Crippen LogP contribution in [0.15, 0.2) is 6.07 Å². The fourth-order valence-corrected chi connectivity index (χ4v) is 3.12. The van der Waals surface area contributed by atoms with E-state index in [0.29, 0.717) is 6.04 Å². The Morgan fingerprint density at radius 3 is 2.85 bits per heavy atom. The molecule has 110 valence electrons. The Balaban J connectivity index is 1.74. The smallest absolute Gasteiger partial charge is 0.0672 e. The number of nitrogens with one attached hydrogen (secondary N) is 1. The minimum atomic E-state index is 0.200. The first-order valence-corrected chi connectivity index (χ1v) is 7.85. The van der Waals surface area contributed by atoms with Crippen LogP contribution in [0, 0.1) is 31.1 Å². The van der Waals surface area contributed by atoms with Gasteiger partial charge in [-0.25, -0.2) is 0 Å². The second kappa shape index (κ2) is 7.44.